The first-order chi connectivity index (χ1) is 11.6. The zero-order chi connectivity index (χ0) is 16.9. The smallest absolute Gasteiger partial charge is 0.251 e. The van der Waals surface area contributed by atoms with Crippen LogP contribution in [0.5, 0.6) is 0 Å². The Balaban J connectivity index is 1.83. The highest BCUT2D eigenvalue weighted by molar-refractivity contribution is 5.94. The fraction of sp³-hybridized carbons (Fsp3) is 0.118. The molecule has 0 saturated carbocycles. The van der Waals surface area contributed by atoms with Crippen molar-refractivity contribution < 1.29 is 13.6 Å². The minimum absolute atomic E-state index is 0.0447. The van der Waals surface area contributed by atoms with Crippen molar-refractivity contribution in [2.45, 2.75) is 12.6 Å². The van der Waals surface area contributed by atoms with Crippen LogP contribution in [0, 0.1) is 11.6 Å². The number of aromatic nitrogens is 3. The molecule has 1 atom stereocenters. The van der Waals surface area contributed by atoms with Crippen molar-refractivity contribution in [2.24, 2.45) is 0 Å². The molecule has 2 aromatic carbocycles. The molecule has 0 unspecified atom stereocenters. The molecule has 1 amide bonds. The first kappa shape index (κ1) is 15.8. The number of rotatable bonds is 5. The molecule has 3 rings (SSSR count). The molecule has 1 N–H and O–H groups in total. The van der Waals surface area contributed by atoms with Crippen molar-refractivity contribution >= 4 is 5.91 Å². The van der Waals surface area contributed by atoms with Crippen LogP contribution in [0.4, 0.5) is 8.78 Å². The SMILES string of the molecule is O=C(N[C@H](Cn1nccn1)c1ccccc1)c1ccc(F)c(F)c1. The van der Waals surface area contributed by atoms with E-state index in [4.69, 9.17) is 0 Å². The molecular formula is C17H14F2N4O. The quantitative estimate of drug-likeness (QED) is 0.783. The van der Waals surface area contributed by atoms with Crippen molar-refractivity contribution in [2.75, 3.05) is 0 Å². The first-order valence-electron chi connectivity index (χ1n) is 7.28. The number of hydrogen-bond acceptors (Lipinski definition) is 3. The number of nitrogens with zero attached hydrogens (tertiary/aromatic N) is 3. The molecule has 0 aliphatic heterocycles. The third kappa shape index (κ3) is 3.62. The number of halogens is 2. The van der Waals surface area contributed by atoms with Gasteiger partial charge in [0.15, 0.2) is 11.6 Å². The highest BCUT2D eigenvalue weighted by Gasteiger charge is 2.18. The van der Waals surface area contributed by atoms with Gasteiger partial charge in [-0.05, 0) is 23.8 Å². The zero-order valence-electron chi connectivity index (χ0n) is 12.6. The van der Waals surface area contributed by atoms with Crippen LogP contribution < -0.4 is 5.32 Å². The Bertz CT molecular complexity index is 822. The minimum atomic E-state index is -1.06. The van der Waals surface area contributed by atoms with E-state index >= 15 is 0 Å². The lowest BCUT2D eigenvalue weighted by atomic mass is 10.1. The number of hydrogen-bond donors (Lipinski definition) is 1. The fourth-order valence-corrected chi connectivity index (χ4v) is 2.30. The molecule has 0 bridgehead atoms. The van der Waals surface area contributed by atoms with Crippen molar-refractivity contribution in [1.82, 2.24) is 20.3 Å². The summed E-state index contributed by atoms with van der Waals surface area (Å²) in [5, 5.41) is 10.9. The Hall–Kier alpha value is -3.09. The number of carbonyl (C=O) groups is 1. The molecule has 0 fully saturated rings. The second-order valence-corrected chi connectivity index (χ2v) is 5.15. The van der Waals surface area contributed by atoms with Crippen molar-refractivity contribution in [3.63, 3.8) is 0 Å². The van der Waals surface area contributed by atoms with E-state index in [1.807, 2.05) is 30.3 Å². The van der Waals surface area contributed by atoms with E-state index in [1.165, 1.54) is 10.9 Å². The molecule has 1 heterocycles. The highest BCUT2D eigenvalue weighted by Crippen LogP contribution is 2.16. The maximum atomic E-state index is 13.3. The van der Waals surface area contributed by atoms with Gasteiger partial charge < -0.3 is 5.32 Å². The lowest BCUT2D eigenvalue weighted by molar-refractivity contribution is 0.0930. The summed E-state index contributed by atoms with van der Waals surface area (Å²) < 4.78 is 26.3. The van der Waals surface area contributed by atoms with Crippen LogP contribution >= 0.6 is 0 Å². The van der Waals surface area contributed by atoms with E-state index in [0.29, 0.717) is 6.54 Å². The van der Waals surface area contributed by atoms with E-state index in [9.17, 15) is 13.6 Å². The number of benzene rings is 2. The van der Waals surface area contributed by atoms with Crippen molar-refractivity contribution in [3.05, 3.63) is 83.7 Å². The van der Waals surface area contributed by atoms with Gasteiger partial charge in [0.2, 0.25) is 0 Å². The predicted molar refractivity (Wildman–Crippen MR) is 83.0 cm³/mol. The van der Waals surface area contributed by atoms with Gasteiger partial charge in [0, 0.05) is 5.56 Å². The second kappa shape index (κ2) is 6.99. The minimum Gasteiger partial charge on any atom is -0.343 e. The van der Waals surface area contributed by atoms with Crippen LogP contribution in [0.25, 0.3) is 0 Å². The first-order valence-corrected chi connectivity index (χ1v) is 7.28. The van der Waals surface area contributed by atoms with Crippen LogP contribution in [0.15, 0.2) is 60.9 Å². The third-order valence-corrected chi connectivity index (χ3v) is 3.50. The van der Waals surface area contributed by atoms with E-state index in [0.717, 1.165) is 17.7 Å². The van der Waals surface area contributed by atoms with Crippen molar-refractivity contribution in [1.29, 1.82) is 0 Å². The standard InChI is InChI=1S/C17H14F2N4O/c18-14-7-6-13(10-15(14)19)17(24)22-16(11-23-20-8-9-21-23)12-4-2-1-3-5-12/h1-10,16H,11H2,(H,22,24)/t16-/m1/s1. The Morgan fingerprint density at radius 2 is 1.75 bits per heavy atom. The van der Waals surface area contributed by atoms with Gasteiger partial charge in [0.05, 0.1) is 25.0 Å². The molecule has 0 aliphatic carbocycles. The van der Waals surface area contributed by atoms with Gasteiger partial charge in [-0.15, -0.1) is 0 Å². The molecule has 1 aromatic heterocycles. The maximum Gasteiger partial charge on any atom is 0.251 e. The van der Waals surface area contributed by atoms with Crippen LogP contribution in [-0.2, 0) is 6.54 Å². The monoisotopic (exact) mass is 328 g/mol. The molecule has 122 valence electrons. The van der Waals surface area contributed by atoms with E-state index < -0.39 is 23.6 Å². The van der Waals surface area contributed by atoms with Crippen LogP contribution in [0.2, 0.25) is 0 Å². The Morgan fingerprint density at radius 1 is 1.04 bits per heavy atom. The van der Waals surface area contributed by atoms with Gasteiger partial charge in [0.25, 0.3) is 5.91 Å². The van der Waals surface area contributed by atoms with Gasteiger partial charge >= 0.3 is 0 Å². The molecule has 7 heteroatoms. The Labute approximate surface area is 136 Å². The molecule has 5 nitrogen and oxygen atoms in total. The van der Waals surface area contributed by atoms with Crippen LogP contribution in [0.1, 0.15) is 22.0 Å². The number of carbonyl (C=O) groups excluding carboxylic acids is 1. The van der Waals surface area contributed by atoms with E-state index in [1.54, 1.807) is 12.4 Å². The maximum absolute atomic E-state index is 13.3. The van der Waals surface area contributed by atoms with Crippen LogP contribution in [0.3, 0.4) is 0 Å². The Kier molecular flexibility index (Phi) is 4.60. The number of nitrogens with one attached hydrogen (secondary N) is 1. The summed E-state index contributed by atoms with van der Waals surface area (Å²) in [7, 11) is 0. The summed E-state index contributed by atoms with van der Waals surface area (Å²) in [4.78, 5) is 13.8. The highest BCUT2D eigenvalue weighted by atomic mass is 19.2. The average Bonchev–Trinajstić information content (AvgIpc) is 3.10. The molecule has 0 radical (unpaired) electrons. The third-order valence-electron chi connectivity index (χ3n) is 3.50. The Morgan fingerprint density at radius 3 is 2.42 bits per heavy atom. The predicted octanol–water partition coefficient (Wildman–Crippen LogP) is 2.73. The fourth-order valence-electron chi connectivity index (χ4n) is 2.30. The summed E-state index contributed by atoms with van der Waals surface area (Å²) in [5.41, 5.74) is 0.897. The van der Waals surface area contributed by atoms with Crippen LogP contribution in [-0.4, -0.2) is 20.9 Å². The van der Waals surface area contributed by atoms with E-state index in [2.05, 4.69) is 15.5 Å². The molecule has 3 aromatic rings. The van der Waals surface area contributed by atoms with Gasteiger partial charge in [-0.25, -0.2) is 8.78 Å². The summed E-state index contributed by atoms with van der Waals surface area (Å²) in [5.74, 6) is -2.56. The largest absolute Gasteiger partial charge is 0.343 e. The summed E-state index contributed by atoms with van der Waals surface area (Å²) >= 11 is 0. The average molecular weight is 328 g/mol. The molecular weight excluding hydrogens is 314 g/mol. The summed E-state index contributed by atoms with van der Waals surface area (Å²) in [6.45, 7) is 0.312. The summed E-state index contributed by atoms with van der Waals surface area (Å²) in [6.07, 6.45) is 3.08. The van der Waals surface area contributed by atoms with Gasteiger partial charge in [-0.3, -0.25) is 4.79 Å². The number of amides is 1. The van der Waals surface area contributed by atoms with Crippen molar-refractivity contribution in [3.8, 4) is 0 Å². The lowest BCUT2D eigenvalue weighted by Gasteiger charge is -2.19. The topological polar surface area (TPSA) is 59.8 Å². The van der Waals surface area contributed by atoms with E-state index in [-0.39, 0.29) is 5.56 Å². The molecule has 0 spiro atoms. The molecule has 24 heavy (non-hydrogen) atoms. The lowest BCUT2D eigenvalue weighted by Crippen LogP contribution is -2.32. The van der Waals surface area contributed by atoms with Gasteiger partial charge in [-0.2, -0.15) is 15.0 Å². The molecule has 0 saturated heterocycles. The van der Waals surface area contributed by atoms with Gasteiger partial charge in [-0.1, -0.05) is 30.3 Å². The molecule has 0 aliphatic rings. The normalized spacial score (nSPS) is 11.9. The summed E-state index contributed by atoms with van der Waals surface area (Å²) in [6, 6.07) is 11.9. The van der Waals surface area contributed by atoms with Gasteiger partial charge in [0.1, 0.15) is 0 Å². The second-order valence-electron chi connectivity index (χ2n) is 5.15. The zero-order valence-corrected chi connectivity index (χ0v) is 12.6.